The van der Waals surface area contributed by atoms with Crippen LogP contribution in [0.4, 0.5) is 0 Å². The van der Waals surface area contributed by atoms with Gasteiger partial charge in [-0.05, 0) is 41.8 Å². The third-order valence-corrected chi connectivity index (χ3v) is 1.96. The maximum absolute atomic E-state index is 11.5. The molecule has 0 aromatic rings. The van der Waals surface area contributed by atoms with Crippen molar-refractivity contribution in [3.05, 3.63) is 0 Å². The van der Waals surface area contributed by atoms with Crippen LogP contribution in [0.2, 0.25) is 0 Å². The number of hydrogen-bond donors (Lipinski definition) is 3. The van der Waals surface area contributed by atoms with Crippen molar-refractivity contribution in [2.45, 2.75) is 38.8 Å². The molecule has 0 rings (SSSR count). The number of hydrogen-bond acceptors (Lipinski definition) is 4. The fourth-order valence-corrected chi connectivity index (χ4v) is 1.64. The molecule has 0 aliphatic heterocycles. The van der Waals surface area contributed by atoms with Gasteiger partial charge in [0.05, 0.1) is 12.1 Å². The summed E-state index contributed by atoms with van der Waals surface area (Å²) in [6.07, 6.45) is 0. The average molecular weight is 245 g/mol. The van der Waals surface area contributed by atoms with E-state index >= 15 is 0 Å². The predicted molar refractivity (Wildman–Crippen MR) is 69.9 cm³/mol. The fourth-order valence-electron chi connectivity index (χ4n) is 1.64. The van der Waals surface area contributed by atoms with Gasteiger partial charge in [0.15, 0.2) is 0 Å². The van der Waals surface area contributed by atoms with Gasteiger partial charge in [-0.2, -0.15) is 0 Å². The number of amides is 1. The summed E-state index contributed by atoms with van der Waals surface area (Å²) in [7, 11) is 3.81. The average Bonchev–Trinajstić information content (AvgIpc) is 1.95. The number of carbonyl (C=O) groups excluding carboxylic acids is 1. The van der Waals surface area contributed by atoms with Gasteiger partial charge in [-0.15, -0.1) is 0 Å². The summed E-state index contributed by atoms with van der Waals surface area (Å²) in [5.41, 5.74) is -1.05. The molecule has 17 heavy (non-hydrogen) atoms. The van der Waals surface area contributed by atoms with E-state index in [0.717, 1.165) is 0 Å². The Balaban J connectivity index is 3.87. The van der Waals surface area contributed by atoms with Gasteiger partial charge in [-0.1, -0.05) is 0 Å². The fraction of sp³-hybridized carbons (Fsp3) is 0.917. The summed E-state index contributed by atoms with van der Waals surface area (Å²) in [4.78, 5) is 13.4. The smallest absolute Gasteiger partial charge is 0.234 e. The zero-order chi connectivity index (χ0) is 13.7. The van der Waals surface area contributed by atoms with Crippen LogP contribution in [0.3, 0.4) is 0 Å². The maximum Gasteiger partial charge on any atom is 0.234 e. The molecule has 0 spiro atoms. The zero-order valence-corrected chi connectivity index (χ0v) is 11.9. The molecule has 1 amide bonds. The molecule has 0 aliphatic rings. The number of nitrogens with one attached hydrogen (secondary N) is 2. The Morgan fingerprint density at radius 2 is 1.76 bits per heavy atom. The number of likely N-dealkylation sites (N-methyl/N-ethyl adjacent to an activating group) is 1. The van der Waals surface area contributed by atoms with E-state index < -0.39 is 5.60 Å². The standard InChI is InChI=1S/C12H27N3O2/c1-11(2,3)14-10(16)7-13-8-12(4,17)9-15(5)6/h13,17H,7-9H2,1-6H3,(H,14,16). The van der Waals surface area contributed by atoms with E-state index in [1.165, 1.54) is 0 Å². The normalized spacial score (nSPS) is 15.8. The van der Waals surface area contributed by atoms with Crippen LogP contribution in [0.15, 0.2) is 0 Å². The van der Waals surface area contributed by atoms with Gasteiger partial charge in [0, 0.05) is 18.6 Å². The van der Waals surface area contributed by atoms with Crippen molar-refractivity contribution >= 4 is 5.91 Å². The van der Waals surface area contributed by atoms with Crippen molar-refractivity contribution in [2.24, 2.45) is 0 Å². The lowest BCUT2D eigenvalue weighted by Gasteiger charge is -2.27. The largest absolute Gasteiger partial charge is 0.388 e. The Morgan fingerprint density at radius 3 is 2.18 bits per heavy atom. The van der Waals surface area contributed by atoms with Crippen molar-refractivity contribution in [1.29, 1.82) is 0 Å². The molecule has 0 saturated heterocycles. The van der Waals surface area contributed by atoms with Gasteiger partial charge in [-0.3, -0.25) is 4.79 Å². The van der Waals surface area contributed by atoms with Crippen molar-refractivity contribution in [3.8, 4) is 0 Å². The van der Waals surface area contributed by atoms with Crippen molar-refractivity contribution in [3.63, 3.8) is 0 Å². The molecule has 102 valence electrons. The second-order valence-corrected chi connectivity index (χ2v) is 6.14. The zero-order valence-electron chi connectivity index (χ0n) is 11.9. The molecular formula is C12H27N3O2. The van der Waals surface area contributed by atoms with Gasteiger partial charge in [0.1, 0.15) is 0 Å². The first kappa shape index (κ1) is 16.4. The van der Waals surface area contributed by atoms with Crippen LogP contribution in [-0.2, 0) is 4.79 Å². The predicted octanol–water partition coefficient (Wildman–Crippen LogP) is -0.197. The lowest BCUT2D eigenvalue weighted by atomic mass is 10.1. The summed E-state index contributed by atoms with van der Waals surface area (Å²) in [5.74, 6) is -0.0573. The Kier molecular flexibility index (Phi) is 6.09. The van der Waals surface area contributed by atoms with Gasteiger partial charge in [0.2, 0.25) is 5.91 Å². The number of nitrogens with zero attached hydrogens (tertiary/aromatic N) is 1. The van der Waals surface area contributed by atoms with Crippen molar-refractivity contribution in [2.75, 3.05) is 33.7 Å². The summed E-state index contributed by atoms with van der Waals surface area (Å²) in [6.45, 7) is 8.74. The van der Waals surface area contributed by atoms with Crippen LogP contribution in [-0.4, -0.2) is 60.8 Å². The summed E-state index contributed by atoms with van der Waals surface area (Å²) < 4.78 is 0. The monoisotopic (exact) mass is 245 g/mol. The minimum absolute atomic E-state index is 0.0573. The second-order valence-electron chi connectivity index (χ2n) is 6.14. The third kappa shape index (κ3) is 10.2. The molecule has 0 aliphatic carbocycles. The minimum atomic E-state index is -0.828. The third-order valence-electron chi connectivity index (χ3n) is 1.96. The van der Waals surface area contributed by atoms with Crippen LogP contribution in [0.25, 0.3) is 0 Å². The lowest BCUT2D eigenvalue weighted by molar-refractivity contribution is -0.121. The van der Waals surface area contributed by atoms with E-state index in [9.17, 15) is 9.90 Å². The van der Waals surface area contributed by atoms with Gasteiger partial charge < -0.3 is 20.6 Å². The van der Waals surface area contributed by atoms with Crippen LogP contribution in [0, 0.1) is 0 Å². The SMILES string of the molecule is CN(C)CC(C)(O)CNCC(=O)NC(C)(C)C. The van der Waals surface area contributed by atoms with Gasteiger partial charge >= 0.3 is 0 Å². The van der Waals surface area contributed by atoms with Crippen LogP contribution < -0.4 is 10.6 Å². The molecule has 0 heterocycles. The Bertz CT molecular complexity index is 245. The van der Waals surface area contributed by atoms with Crippen molar-refractivity contribution < 1.29 is 9.90 Å². The first-order chi connectivity index (χ1) is 7.52. The molecular weight excluding hydrogens is 218 g/mol. The van der Waals surface area contributed by atoms with E-state index in [2.05, 4.69) is 10.6 Å². The van der Waals surface area contributed by atoms with Gasteiger partial charge in [-0.25, -0.2) is 0 Å². The van der Waals surface area contributed by atoms with Crippen molar-refractivity contribution in [1.82, 2.24) is 15.5 Å². The Hall–Kier alpha value is -0.650. The Labute approximate surface area is 105 Å². The topological polar surface area (TPSA) is 64.6 Å². The molecule has 5 heteroatoms. The van der Waals surface area contributed by atoms with E-state index in [1.54, 1.807) is 6.92 Å². The Morgan fingerprint density at radius 1 is 1.24 bits per heavy atom. The molecule has 0 fully saturated rings. The first-order valence-corrected chi connectivity index (χ1v) is 5.91. The van der Waals surface area contributed by atoms with Crippen LogP contribution >= 0.6 is 0 Å². The second kappa shape index (κ2) is 6.33. The highest BCUT2D eigenvalue weighted by Crippen LogP contribution is 2.02. The van der Waals surface area contributed by atoms with E-state index in [-0.39, 0.29) is 18.0 Å². The molecule has 1 unspecified atom stereocenters. The first-order valence-electron chi connectivity index (χ1n) is 5.91. The number of rotatable bonds is 6. The molecule has 3 N–H and O–H groups in total. The summed E-state index contributed by atoms with van der Waals surface area (Å²) >= 11 is 0. The molecule has 1 atom stereocenters. The van der Waals surface area contributed by atoms with Gasteiger partial charge in [0.25, 0.3) is 0 Å². The highest BCUT2D eigenvalue weighted by Gasteiger charge is 2.21. The quantitative estimate of drug-likeness (QED) is 0.606. The van der Waals surface area contributed by atoms with Crippen LogP contribution in [0.5, 0.6) is 0 Å². The molecule has 0 aromatic carbocycles. The highest BCUT2D eigenvalue weighted by atomic mass is 16.3. The lowest BCUT2D eigenvalue weighted by Crippen LogP contribution is -2.49. The molecule has 0 saturated carbocycles. The summed E-state index contributed by atoms with van der Waals surface area (Å²) in [5, 5.41) is 15.8. The van der Waals surface area contributed by atoms with E-state index in [0.29, 0.717) is 13.1 Å². The van der Waals surface area contributed by atoms with Crippen LogP contribution in [0.1, 0.15) is 27.7 Å². The molecule has 0 aromatic heterocycles. The number of carbonyl (C=O) groups is 1. The number of aliphatic hydroxyl groups is 1. The molecule has 0 bridgehead atoms. The van der Waals surface area contributed by atoms with E-state index in [1.807, 2.05) is 39.8 Å². The maximum atomic E-state index is 11.5. The summed E-state index contributed by atoms with van der Waals surface area (Å²) in [6, 6.07) is 0. The molecule has 0 radical (unpaired) electrons. The highest BCUT2D eigenvalue weighted by molar-refractivity contribution is 5.78. The minimum Gasteiger partial charge on any atom is -0.388 e. The molecule has 5 nitrogen and oxygen atoms in total. The van der Waals surface area contributed by atoms with E-state index in [4.69, 9.17) is 0 Å².